The number of likely N-dealkylation sites (N-methyl/N-ethyl adjacent to an activating group) is 1. The molecule has 1 heterocycles. The molecule has 0 spiro atoms. The van der Waals surface area contributed by atoms with E-state index < -0.39 is 0 Å². The first-order valence-electron chi connectivity index (χ1n) is 9.40. The zero-order chi connectivity index (χ0) is 16.8. The number of nitrogens with zero attached hydrogens (tertiary/aromatic N) is 1. The molecule has 0 amide bonds. The molecular formula is C21H30NO2+. The van der Waals surface area contributed by atoms with E-state index >= 15 is 0 Å². The SMILES string of the molecule is C[N+]1(CCOC(=O)[C@H](c2ccccc2)[C@H]2C=CCCC2)CCCC1. The molecule has 1 aromatic rings. The second-order valence-electron chi connectivity index (χ2n) is 7.58. The Balaban J connectivity index is 1.64. The third-order valence-electron chi connectivity index (χ3n) is 5.65. The summed E-state index contributed by atoms with van der Waals surface area (Å²) < 4.78 is 6.80. The topological polar surface area (TPSA) is 26.3 Å². The lowest BCUT2D eigenvalue weighted by atomic mass is 9.80. The highest BCUT2D eigenvalue weighted by molar-refractivity contribution is 5.79. The molecule has 1 aliphatic heterocycles. The van der Waals surface area contributed by atoms with Crippen LogP contribution in [0.15, 0.2) is 42.5 Å². The summed E-state index contributed by atoms with van der Waals surface area (Å²) >= 11 is 0. The van der Waals surface area contributed by atoms with Gasteiger partial charge in [-0.1, -0.05) is 42.5 Å². The van der Waals surface area contributed by atoms with E-state index in [0.717, 1.165) is 35.9 Å². The first kappa shape index (κ1) is 17.2. The molecule has 24 heavy (non-hydrogen) atoms. The van der Waals surface area contributed by atoms with Crippen LogP contribution < -0.4 is 0 Å². The summed E-state index contributed by atoms with van der Waals surface area (Å²) in [5.41, 5.74) is 1.08. The first-order chi connectivity index (χ1) is 11.7. The molecule has 2 aliphatic rings. The van der Waals surface area contributed by atoms with Crippen LogP contribution in [0.2, 0.25) is 0 Å². The number of allylic oxidation sites excluding steroid dienone is 2. The lowest BCUT2D eigenvalue weighted by molar-refractivity contribution is -0.897. The Bertz CT molecular complexity index is 560. The van der Waals surface area contributed by atoms with Crippen molar-refractivity contribution < 1.29 is 14.0 Å². The lowest BCUT2D eigenvalue weighted by Gasteiger charge is -2.30. The van der Waals surface area contributed by atoms with Gasteiger partial charge in [0.05, 0.1) is 26.1 Å². The van der Waals surface area contributed by atoms with Gasteiger partial charge in [-0.15, -0.1) is 0 Å². The monoisotopic (exact) mass is 328 g/mol. The molecule has 0 saturated carbocycles. The van der Waals surface area contributed by atoms with Crippen molar-refractivity contribution in [3.63, 3.8) is 0 Å². The predicted molar refractivity (Wildman–Crippen MR) is 96.6 cm³/mol. The Morgan fingerprint density at radius 3 is 2.62 bits per heavy atom. The molecule has 0 unspecified atom stereocenters. The average Bonchev–Trinajstić information content (AvgIpc) is 3.04. The third kappa shape index (κ3) is 4.27. The number of likely N-dealkylation sites (tertiary alicyclic amines) is 1. The number of benzene rings is 1. The fraction of sp³-hybridized carbons (Fsp3) is 0.571. The molecule has 3 nitrogen and oxygen atoms in total. The van der Waals surface area contributed by atoms with Crippen molar-refractivity contribution >= 4 is 5.97 Å². The summed E-state index contributed by atoms with van der Waals surface area (Å²) in [6.07, 6.45) is 10.4. The highest BCUT2D eigenvalue weighted by atomic mass is 16.5. The summed E-state index contributed by atoms with van der Waals surface area (Å²) in [6, 6.07) is 10.1. The third-order valence-corrected chi connectivity index (χ3v) is 5.65. The second kappa shape index (κ2) is 7.98. The van der Waals surface area contributed by atoms with Crippen LogP contribution in [0.1, 0.15) is 43.6 Å². The van der Waals surface area contributed by atoms with Gasteiger partial charge in [-0.25, -0.2) is 0 Å². The van der Waals surface area contributed by atoms with Crippen molar-refractivity contribution in [1.82, 2.24) is 0 Å². The zero-order valence-corrected chi connectivity index (χ0v) is 14.8. The van der Waals surface area contributed by atoms with E-state index in [4.69, 9.17) is 4.74 Å². The van der Waals surface area contributed by atoms with Gasteiger partial charge in [0, 0.05) is 12.8 Å². The van der Waals surface area contributed by atoms with Gasteiger partial charge in [0.25, 0.3) is 0 Å². The van der Waals surface area contributed by atoms with E-state index in [1.165, 1.54) is 25.9 Å². The predicted octanol–water partition coefficient (Wildman–Crippen LogP) is 3.91. The standard InChI is InChI=1S/C21H30NO2/c1-22(14-8-9-15-22)16-17-24-21(23)20(18-10-4-2-5-11-18)19-12-6-3-7-13-19/h2,4-6,10-12,19-20H,3,7-9,13-17H2,1H3/q+1/t19-,20+/m0/s1. The van der Waals surface area contributed by atoms with Gasteiger partial charge in [-0.3, -0.25) is 4.79 Å². The van der Waals surface area contributed by atoms with Crippen molar-refractivity contribution in [3.05, 3.63) is 48.0 Å². The van der Waals surface area contributed by atoms with Crippen molar-refractivity contribution in [1.29, 1.82) is 0 Å². The van der Waals surface area contributed by atoms with Gasteiger partial charge in [-0.05, 0) is 30.7 Å². The van der Waals surface area contributed by atoms with Crippen molar-refractivity contribution in [2.75, 3.05) is 33.3 Å². The Morgan fingerprint density at radius 1 is 1.21 bits per heavy atom. The second-order valence-corrected chi connectivity index (χ2v) is 7.58. The van der Waals surface area contributed by atoms with E-state index in [2.05, 4.69) is 31.3 Å². The number of carbonyl (C=O) groups excluding carboxylic acids is 1. The summed E-state index contributed by atoms with van der Waals surface area (Å²) in [4.78, 5) is 12.9. The highest BCUT2D eigenvalue weighted by Crippen LogP contribution is 2.33. The van der Waals surface area contributed by atoms with E-state index in [9.17, 15) is 4.79 Å². The smallest absolute Gasteiger partial charge is 0.314 e. The number of hydrogen-bond donors (Lipinski definition) is 0. The largest absolute Gasteiger partial charge is 0.459 e. The van der Waals surface area contributed by atoms with E-state index in [-0.39, 0.29) is 17.8 Å². The molecule has 1 saturated heterocycles. The van der Waals surface area contributed by atoms with Crippen molar-refractivity contribution in [2.24, 2.45) is 5.92 Å². The maximum absolute atomic E-state index is 12.9. The Kier molecular flexibility index (Phi) is 5.72. The van der Waals surface area contributed by atoms with E-state index in [0.29, 0.717) is 6.61 Å². The number of carbonyl (C=O) groups is 1. The molecule has 0 N–H and O–H groups in total. The van der Waals surface area contributed by atoms with Crippen LogP contribution in [0, 0.1) is 5.92 Å². The summed E-state index contributed by atoms with van der Waals surface area (Å²) in [6.45, 7) is 3.90. The minimum absolute atomic E-state index is 0.0523. The zero-order valence-electron chi connectivity index (χ0n) is 14.8. The number of quaternary nitrogens is 1. The van der Waals surface area contributed by atoms with Crippen LogP contribution in [0.25, 0.3) is 0 Å². The van der Waals surface area contributed by atoms with Crippen molar-refractivity contribution in [2.45, 2.75) is 38.0 Å². The number of esters is 1. The van der Waals surface area contributed by atoms with E-state index in [1.54, 1.807) is 0 Å². The molecule has 1 aromatic carbocycles. The van der Waals surface area contributed by atoms with Gasteiger partial charge in [-0.2, -0.15) is 0 Å². The molecule has 0 radical (unpaired) electrons. The number of rotatable bonds is 6. The Hall–Kier alpha value is -1.61. The molecule has 0 bridgehead atoms. The molecule has 1 aliphatic carbocycles. The molecule has 2 atom stereocenters. The number of hydrogen-bond acceptors (Lipinski definition) is 2. The van der Waals surface area contributed by atoms with Crippen LogP contribution in [0.3, 0.4) is 0 Å². The van der Waals surface area contributed by atoms with Crippen LogP contribution in [0.5, 0.6) is 0 Å². The molecule has 1 fully saturated rings. The molecule has 3 heteroatoms. The minimum atomic E-state index is -0.161. The van der Waals surface area contributed by atoms with Crippen LogP contribution in [-0.2, 0) is 9.53 Å². The number of ether oxygens (including phenoxy) is 1. The summed E-state index contributed by atoms with van der Waals surface area (Å²) in [7, 11) is 2.28. The fourth-order valence-corrected chi connectivity index (χ4v) is 4.11. The maximum Gasteiger partial charge on any atom is 0.314 e. The Labute approximate surface area is 145 Å². The fourth-order valence-electron chi connectivity index (χ4n) is 4.11. The van der Waals surface area contributed by atoms with Crippen LogP contribution in [0.4, 0.5) is 0 Å². The molecule has 0 aromatic heterocycles. The van der Waals surface area contributed by atoms with Gasteiger partial charge in [0.2, 0.25) is 0 Å². The average molecular weight is 328 g/mol. The quantitative estimate of drug-likeness (QED) is 0.449. The van der Waals surface area contributed by atoms with Gasteiger partial charge >= 0.3 is 5.97 Å². The van der Waals surface area contributed by atoms with Gasteiger partial charge in [0.1, 0.15) is 13.2 Å². The van der Waals surface area contributed by atoms with Crippen LogP contribution in [-0.4, -0.2) is 43.7 Å². The Morgan fingerprint density at radius 2 is 1.96 bits per heavy atom. The van der Waals surface area contributed by atoms with Crippen LogP contribution >= 0.6 is 0 Å². The molecule has 130 valence electrons. The van der Waals surface area contributed by atoms with Crippen molar-refractivity contribution in [3.8, 4) is 0 Å². The normalized spacial score (nSPS) is 23.8. The summed E-state index contributed by atoms with van der Waals surface area (Å²) in [5.74, 6) is 0.0559. The van der Waals surface area contributed by atoms with E-state index in [1.807, 2.05) is 18.2 Å². The first-order valence-corrected chi connectivity index (χ1v) is 9.40. The molecule has 3 rings (SSSR count). The summed E-state index contributed by atoms with van der Waals surface area (Å²) in [5, 5.41) is 0. The maximum atomic E-state index is 12.9. The molecular weight excluding hydrogens is 298 g/mol. The van der Waals surface area contributed by atoms with Gasteiger partial charge < -0.3 is 9.22 Å². The lowest BCUT2D eigenvalue weighted by Crippen LogP contribution is -2.43. The van der Waals surface area contributed by atoms with Gasteiger partial charge in [0.15, 0.2) is 0 Å². The highest BCUT2D eigenvalue weighted by Gasteiger charge is 2.32. The minimum Gasteiger partial charge on any atom is -0.459 e.